The van der Waals surface area contributed by atoms with E-state index in [4.69, 9.17) is 14.5 Å². The quantitative estimate of drug-likeness (QED) is 0.199. The molecule has 0 unspecified atom stereocenters. The van der Waals surface area contributed by atoms with Gasteiger partial charge in [0.15, 0.2) is 11.5 Å². The van der Waals surface area contributed by atoms with Crippen LogP contribution in [0.3, 0.4) is 0 Å². The average molecular weight is 678 g/mol. The summed E-state index contributed by atoms with van der Waals surface area (Å²) < 4.78 is 15.5. The smallest absolute Gasteiger partial charge is 0.282 e. The van der Waals surface area contributed by atoms with Gasteiger partial charge < -0.3 is 9.47 Å². The van der Waals surface area contributed by atoms with Crippen molar-refractivity contribution in [3.05, 3.63) is 95.3 Å². The van der Waals surface area contributed by atoms with Crippen molar-refractivity contribution in [3.63, 3.8) is 0 Å². The van der Waals surface area contributed by atoms with Crippen LogP contribution in [0.1, 0.15) is 37.7 Å². The summed E-state index contributed by atoms with van der Waals surface area (Å²) in [6.45, 7) is 6.40. The van der Waals surface area contributed by atoms with Crippen LogP contribution in [0.15, 0.2) is 77.9 Å². The standard InChI is InChI=1S/C27H24Br3N3O3/c1-27(2,3)26-32-22-10-9-19(29)13-20(22)25(34)33(26)31-14-17-11-21(30)24(23(12-17)35-4)36-15-16-5-7-18(28)8-6-16/h5-14H,15H2,1-4H3. The van der Waals surface area contributed by atoms with Crippen LogP contribution < -0.4 is 15.0 Å². The Balaban J connectivity index is 1.71. The lowest BCUT2D eigenvalue weighted by molar-refractivity contribution is 0.282. The number of ether oxygens (including phenoxy) is 2. The van der Waals surface area contributed by atoms with Crippen LogP contribution in [0.4, 0.5) is 0 Å². The molecule has 0 spiro atoms. The lowest BCUT2D eigenvalue weighted by atomic mass is 9.95. The molecule has 0 aliphatic rings. The largest absolute Gasteiger partial charge is 0.493 e. The maximum absolute atomic E-state index is 13.4. The van der Waals surface area contributed by atoms with Crippen molar-refractivity contribution < 1.29 is 9.47 Å². The summed E-state index contributed by atoms with van der Waals surface area (Å²) in [6.07, 6.45) is 1.62. The number of benzene rings is 3. The summed E-state index contributed by atoms with van der Waals surface area (Å²) in [4.78, 5) is 18.1. The van der Waals surface area contributed by atoms with Crippen LogP contribution in [0.2, 0.25) is 0 Å². The minimum atomic E-state index is -0.402. The van der Waals surface area contributed by atoms with Gasteiger partial charge in [-0.2, -0.15) is 9.78 Å². The Bertz CT molecular complexity index is 1510. The molecule has 0 amide bonds. The number of fused-ring (bicyclic) bond motifs is 1. The van der Waals surface area contributed by atoms with Crippen LogP contribution in [0.25, 0.3) is 10.9 Å². The van der Waals surface area contributed by atoms with Crippen molar-refractivity contribution in [1.82, 2.24) is 9.66 Å². The summed E-state index contributed by atoms with van der Waals surface area (Å²) in [7, 11) is 1.59. The van der Waals surface area contributed by atoms with Gasteiger partial charge in [-0.15, -0.1) is 0 Å². The molecular formula is C27H24Br3N3O3. The fourth-order valence-electron chi connectivity index (χ4n) is 3.56. The zero-order valence-corrected chi connectivity index (χ0v) is 24.9. The molecule has 6 nitrogen and oxygen atoms in total. The maximum Gasteiger partial charge on any atom is 0.282 e. The molecule has 0 saturated heterocycles. The number of hydrogen-bond donors (Lipinski definition) is 0. The van der Waals surface area contributed by atoms with Gasteiger partial charge >= 0.3 is 0 Å². The Kier molecular flexibility index (Phi) is 8.02. The third kappa shape index (κ3) is 5.90. The second-order valence-electron chi connectivity index (χ2n) is 9.16. The number of methoxy groups -OCH3 is 1. The highest BCUT2D eigenvalue weighted by Crippen LogP contribution is 2.37. The molecule has 36 heavy (non-hydrogen) atoms. The molecule has 0 fully saturated rings. The van der Waals surface area contributed by atoms with Gasteiger partial charge in [0.25, 0.3) is 5.56 Å². The van der Waals surface area contributed by atoms with Crippen molar-refractivity contribution in [2.24, 2.45) is 5.10 Å². The lowest BCUT2D eigenvalue weighted by Crippen LogP contribution is -2.29. The second kappa shape index (κ2) is 10.9. The topological polar surface area (TPSA) is 65.7 Å². The Morgan fingerprint density at radius 1 is 1.00 bits per heavy atom. The molecule has 0 aliphatic heterocycles. The number of aromatic nitrogens is 2. The summed E-state index contributed by atoms with van der Waals surface area (Å²) >= 11 is 10.5. The van der Waals surface area contributed by atoms with E-state index in [0.717, 1.165) is 20.1 Å². The summed E-state index contributed by atoms with van der Waals surface area (Å²) in [5.41, 5.74) is 1.76. The van der Waals surface area contributed by atoms with E-state index < -0.39 is 5.41 Å². The number of rotatable bonds is 6. The van der Waals surface area contributed by atoms with Gasteiger partial charge in [0.2, 0.25) is 0 Å². The third-order valence-corrected chi connectivity index (χ3v) is 6.96. The predicted octanol–water partition coefficient (Wildman–Crippen LogP) is 7.45. The van der Waals surface area contributed by atoms with Crippen molar-refractivity contribution in [2.45, 2.75) is 32.8 Å². The van der Waals surface area contributed by atoms with Crippen molar-refractivity contribution >= 4 is 64.9 Å². The summed E-state index contributed by atoms with van der Waals surface area (Å²) in [6, 6.07) is 17.1. The SMILES string of the molecule is COc1cc(C=Nn2c(C(C)(C)C)nc3ccc(Br)cc3c2=O)cc(Br)c1OCc1ccc(Br)cc1. The van der Waals surface area contributed by atoms with E-state index in [0.29, 0.717) is 39.3 Å². The van der Waals surface area contributed by atoms with Crippen LogP contribution in [0.5, 0.6) is 11.5 Å². The van der Waals surface area contributed by atoms with Crippen molar-refractivity contribution in [2.75, 3.05) is 7.11 Å². The molecule has 0 saturated carbocycles. The minimum absolute atomic E-state index is 0.233. The molecule has 3 aromatic carbocycles. The van der Waals surface area contributed by atoms with Crippen LogP contribution in [-0.2, 0) is 12.0 Å². The van der Waals surface area contributed by atoms with E-state index in [1.54, 1.807) is 19.4 Å². The van der Waals surface area contributed by atoms with Crippen LogP contribution in [0, 0.1) is 0 Å². The monoisotopic (exact) mass is 675 g/mol. The minimum Gasteiger partial charge on any atom is -0.493 e. The first kappa shape index (κ1) is 26.6. The highest BCUT2D eigenvalue weighted by atomic mass is 79.9. The molecule has 1 aromatic heterocycles. The Hall–Kier alpha value is -2.49. The van der Waals surface area contributed by atoms with Gasteiger partial charge in [-0.1, -0.05) is 64.8 Å². The molecule has 0 N–H and O–H groups in total. The lowest BCUT2D eigenvalue weighted by Gasteiger charge is -2.21. The zero-order valence-electron chi connectivity index (χ0n) is 20.2. The summed E-state index contributed by atoms with van der Waals surface area (Å²) in [5, 5.41) is 5.04. The van der Waals surface area contributed by atoms with Gasteiger partial charge in [0.05, 0.1) is 28.7 Å². The maximum atomic E-state index is 13.4. The Labute approximate surface area is 234 Å². The normalized spacial score (nSPS) is 11.9. The van der Waals surface area contributed by atoms with Gasteiger partial charge in [0, 0.05) is 14.4 Å². The highest BCUT2D eigenvalue weighted by Gasteiger charge is 2.23. The predicted molar refractivity (Wildman–Crippen MR) is 155 cm³/mol. The van der Waals surface area contributed by atoms with Gasteiger partial charge in [-0.3, -0.25) is 4.79 Å². The van der Waals surface area contributed by atoms with E-state index in [2.05, 4.69) is 52.9 Å². The van der Waals surface area contributed by atoms with Crippen LogP contribution in [-0.4, -0.2) is 23.0 Å². The Morgan fingerprint density at radius 2 is 1.69 bits per heavy atom. The molecule has 4 rings (SSSR count). The van der Waals surface area contributed by atoms with Gasteiger partial charge in [-0.05, 0) is 69.5 Å². The van der Waals surface area contributed by atoms with E-state index >= 15 is 0 Å². The number of hydrogen-bond acceptors (Lipinski definition) is 5. The first-order valence-corrected chi connectivity index (χ1v) is 13.5. The molecule has 9 heteroatoms. The summed E-state index contributed by atoms with van der Waals surface area (Å²) in [5.74, 6) is 1.70. The molecule has 0 atom stereocenters. The van der Waals surface area contributed by atoms with Crippen LogP contribution >= 0.6 is 47.8 Å². The average Bonchev–Trinajstić information content (AvgIpc) is 2.83. The van der Waals surface area contributed by atoms with E-state index in [1.165, 1.54) is 4.68 Å². The molecule has 0 aliphatic carbocycles. The fourth-order valence-corrected chi connectivity index (χ4v) is 4.76. The molecule has 0 bridgehead atoms. The van der Waals surface area contributed by atoms with Crippen molar-refractivity contribution in [3.8, 4) is 11.5 Å². The molecular weight excluding hydrogens is 654 g/mol. The molecule has 186 valence electrons. The van der Waals surface area contributed by atoms with E-state index in [9.17, 15) is 4.79 Å². The first-order valence-electron chi connectivity index (χ1n) is 11.1. The first-order chi connectivity index (χ1) is 17.1. The highest BCUT2D eigenvalue weighted by molar-refractivity contribution is 9.11. The van der Waals surface area contributed by atoms with E-state index in [1.807, 2.05) is 69.3 Å². The fraction of sp³-hybridized carbons (Fsp3) is 0.222. The number of nitrogens with zero attached hydrogens (tertiary/aromatic N) is 3. The Morgan fingerprint density at radius 3 is 2.36 bits per heavy atom. The molecule has 1 heterocycles. The number of halogens is 3. The molecule has 4 aromatic rings. The third-order valence-electron chi connectivity index (χ3n) is 5.35. The van der Waals surface area contributed by atoms with E-state index in [-0.39, 0.29) is 5.56 Å². The van der Waals surface area contributed by atoms with Gasteiger partial charge in [-0.25, -0.2) is 4.98 Å². The van der Waals surface area contributed by atoms with Crippen molar-refractivity contribution in [1.29, 1.82) is 0 Å². The van der Waals surface area contributed by atoms with Gasteiger partial charge in [0.1, 0.15) is 12.4 Å². The zero-order chi connectivity index (χ0) is 26.0. The molecule has 0 radical (unpaired) electrons. The second-order valence-corrected chi connectivity index (χ2v) is 11.8.